The van der Waals surface area contributed by atoms with Crippen LogP contribution in [0.15, 0.2) is 0 Å². The van der Waals surface area contributed by atoms with Gasteiger partial charge in [-0.05, 0) is 12.8 Å². The van der Waals surface area contributed by atoms with Gasteiger partial charge in [-0.15, -0.1) is 0 Å². The molecule has 0 spiro atoms. The smallest absolute Gasteiger partial charge is 0.239 e. The highest BCUT2D eigenvalue weighted by Crippen LogP contribution is 2.16. The zero-order chi connectivity index (χ0) is 14.4. The van der Waals surface area contributed by atoms with Crippen molar-refractivity contribution in [2.45, 2.75) is 34.1 Å². The number of carbonyl (C=O) groups excluding carboxylic acids is 1. The van der Waals surface area contributed by atoms with Crippen molar-refractivity contribution in [1.29, 1.82) is 0 Å². The highest BCUT2D eigenvalue weighted by molar-refractivity contribution is 5.80. The summed E-state index contributed by atoms with van der Waals surface area (Å²) in [7, 11) is 0. The van der Waals surface area contributed by atoms with Crippen molar-refractivity contribution in [3.8, 4) is 0 Å². The first-order valence-electron chi connectivity index (χ1n) is 6.57. The average Bonchev–Trinajstić information content (AvgIpc) is 2.37. The first-order valence-corrected chi connectivity index (χ1v) is 6.57. The summed E-state index contributed by atoms with van der Waals surface area (Å²) >= 11 is 0. The number of nitrogens with two attached hydrogens (primary N) is 1. The minimum absolute atomic E-state index is 0.0525. The number of aryl methyl sites for hydroxylation is 1. The molecule has 0 fully saturated rings. The maximum Gasteiger partial charge on any atom is 0.239 e. The van der Waals surface area contributed by atoms with Gasteiger partial charge in [-0.25, -0.2) is 9.97 Å². The fourth-order valence-corrected chi connectivity index (χ4v) is 1.46. The van der Waals surface area contributed by atoms with Crippen molar-refractivity contribution >= 4 is 17.5 Å². The molecule has 4 N–H and O–H groups in total. The topological polar surface area (TPSA) is 92.9 Å². The van der Waals surface area contributed by atoms with E-state index < -0.39 is 0 Å². The van der Waals surface area contributed by atoms with Crippen LogP contribution in [0.3, 0.4) is 0 Å². The second-order valence-corrected chi connectivity index (χ2v) is 4.90. The predicted octanol–water partition coefficient (Wildman–Crippen LogP) is 1.11. The fourth-order valence-electron chi connectivity index (χ4n) is 1.46. The Morgan fingerprint density at radius 1 is 1.37 bits per heavy atom. The largest absolute Gasteiger partial charge is 0.383 e. The molecule has 1 aromatic heterocycles. The van der Waals surface area contributed by atoms with Crippen LogP contribution in [-0.2, 0) is 11.2 Å². The molecule has 1 heterocycles. The van der Waals surface area contributed by atoms with Gasteiger partial charge < -0.3 is 16.4 Å². The summed E-state index contributed by atoms with van der Waals surface area (Å²) in [6.45, 7) is 8.76. The van der Waals surface area contributed by atoms with Gasteiger partial charge in [0.1, 0.15) is 17.5 Å². The van der Waals surface area contributed by atoms with E-state index in [1.165, 1.54) is 0 Å². The molecule has 0 aliphatic carbocycles. The van der Waals surface area contributed by atoms with E-state index >= 15 is 0 Å². The molecule has 106 valence electrons. The molecule has 0 aromatic carbocycles. The number of hydrogen-bond donors (Lipinski definition) is 3. The highest BCUT2D eigenvalue weighted by Gasteiger charge is 2.09. The maximum atomic E-state index is 11.6. The van der Waals surface area contributed by atoms with Gasteiger partial charge in [0, 0.05) is 18.5 Å². The maximum absolute atomic E-state index is 11.6. The molecule has 0 radical (unpaired) electrons. The van der Waals surface area contributed by atoms with Crippen LogP contribution in [-0.4, -0.2) is 29.0 Å². The van der Waals surface area contributed by atoms with Gasteiger partial charge in [0.05, 0.1) is 6.54 Å². The highest BCUT2D eigenvalue weighted by atomic mass is 16.1. The Balaban J connectivity index is 2.62. The number of nitrogens with zero attached hydrogens (tertiary/aromatic N) is 2. The molecule has 0 atom stereocenters. The summed E-state index contributed by atoms with van der Waals surface area (Å²) in [5.74, 6) is 2.14. The molecular weight excluding hydrogens is 242 g/mol. The first kappa shape index (κ1) is 15.2. The molecule has 1 amide bonds. The number of anilines is 2. The number of nitrogens with one attached hydrogen (secondary N) is 2. The van der Waals surface area contributed by atoms with Crippen LogP contribution < -0.4 is 16.4 Å². The van der Waals surface area contributed by atoms with Crippen molar-refractivity contribution in [2.24, 2.45) is 5.92 Å². The van der Waals surface area contributed by atoms with Crippen molar-refractivity contribution < 1.29 is 4.79 Å². The van der Waals surface area contributed by atoms with E-state index in [1.807, 2.05) is 13.8 Å². The standard InChI is InChI=1S/C13H23N5O/c1-5-10-17-12(14)9(4)13(18-10)16-7-11(19)15-6-8(2)3/h8H,5-7H2,1-4H3,(H,15,19)(H3,14,16,17,18). The van der Waals surface area contributed by atoms with E-state index in [9.17, 15) is 4.79 Å². The lowest BCUT2D eigenvalue weighted by Crippen LogP contribution is -2.32. The third-order valence-corrected chi connectivity index (χ3v) is 2.67. The van der Waals surface area contributed by atoms with Gasteiger partial charge in [0.25, 0.3) is 0 Å². The number of amides is 1. The fraction of sp³-hybridized carbons (Fsp3) is 0.615. The van der Waals surface area contributed by atoms with Crippen molar-refractivity contribution in [2.75, 3.05) is 24.1 Å². The Kier molecular flexibility index (Phi) is 5.54. The number of aromatic nitrogens is 2. The van der Waals surface area contributed by atoms with E-state index in [0.717, 1.165) is 5.56 Å². The molecule has 6 nitrogen and oxygen atoms in total. The SMILES string of the molecule is CCc1nc(N)c(C)c(NCC(=O)NCC(C)C)n1. The van der Waals surface area contributed by atoms with Crippen molar-refractivity contribution in [1.82, 2.24) is 15.3 Å². The lowest BCUT2D eigenvalue weighted by molar-refractivity contribution is -0.119. The monoisotopic (exact) mass is 265 g/mol. The number of rotatable bonds is 6. The van der Waals surface area contributed by atoms with Crippen LogP contribution in [0.2, 0.25) is 0 Å². The van der Waals surface area contributed by atoms with Crippen molar-refractivity contribution in [3.63, 3.8) is 0 Å². The molecule has 1 rings (SSSR count). The molecule has 19 heavy (non-hydrogen) atoms. The Labute approximate surface area is 114 Å². The Morgan fingerprint density at radius 2 is 2.05 bits per heavy atom. The van der Waals surface area contributed by atoms with E-state index in [4.69, 9.17) is 5.73 Å². The predicted molar refractivity (Wildman–Crippen MR) is 76.9 cm³/mol. The zero-order valence-corrected chi connectivity index (χ0v) is 12.1. The number of hydrogen-bond acceptors (Lipinski definition) is 5. The van der Waals surface area contributed by atoms with E-state index in [0.29, 0.717) is 36.3 Å². The summed E-state index contributed by atoms with van der Waals surface area (Å²) in [5, 5.41) is 5.85. The van der Waals surface area contributed by atoms with Crippen LogP contribution in [0.25, 0.3) is 0 Å². The molecule has 6 heteroatoms. The molecular formula is C13H23N5O. The quantitative estimate of drug-likeness (QED) is 0.716. The summed E-state index contributed by atoms with van der Waals surface area (Å²) in [6.07, 6.45) is 0.707. The molecule has 0 saturated heterocycles. The molecule has 0 unspecified atom stereocenters. The van der Waals surface area contributed by atoms with Gasteiger partial charge in [0.15, 0.2) is 0 Å². The van der Waals surface area contributed by atoms with Gasteiger partial charge in [-0.2, -0.15) is 0 Å². The van der Waals surface area contributed by atoms with Crippen LogP contribution in [0, 0.1) is 12.8 Å². The molecule has 0 aliphatic rings. The molecule has 0 aliphatic heterocycles. The van der Waals surface area contributed by atoms with Crippen LogP contribution in [0.4, 0.5) is 11.6 Å². The zero-order valence-electron chi connectivity index (χ0n) is 12.1. The summed E-state index contributed by atoms with van der Waals surface area (Å²) in [5.41, 5.74) is 6.58. The first-order chi connectivity index (χ1) is 8.93. The molecule has 1 aromatic rings. The number of carbonyl (C=O) groups is 1. The van der Waals surface area contributed by atoms with Gasteiger partial charge in [0.2, 0.25) is 5.91 Å². The summed E-state index contributed by atoms with van der Waals surface area (Å²) < 4.78 is 0. The summed E-state index contributed by atoms with van der Waals surface area (Å²) in [6, 6.07) is 0. The summed E-state index contributed by atoms with van der Waals surface area (Å²) in [4.78, 5) is 20.1. The Hall–Kier alpha value is -1.85. The third-order valence-electron chi connectivity index (χ3n) is 2.67. The second-order valence-electron chi connectivity index (χ2n) is 4.90. The average molecular weight is 265 g/mol. The van der Waals surface area contributed by atoms with Crippen LogP contribution in [0.1, 0.15) is 32.2 Å². The van der Waals surface area contributed by atoms with E-state index in [2.05, 4.69) is 34.4 Å². The molecule has 0 bridgehead atoms. The van der Waals surface area contributed by atoms with Crippen LogP contribution in [0.5, 0.6) is 0 Å². The van der Waals surface area contributed by atoms with E-state index in [-0.39, 0.29) is 12.5 Å². The lowest BCUT2D eigenvalue weighted by Gasteiger charge is -2.12. The Bertz CT molecular complexity index is 445. The minimum atomic E-state index is -0.0525. The van der Waals surface area contributed by atoms with Crippen molar-refractivity contribution in [3.05, 3.63) is 11.4 Å². The lowest BCUT2D eigenvalue weighted by atomic mass is 10.2. The second kappa shape index (κ2) is 6.92. The normalized spacial score (nSPS) is 10.6. The van der Waals surface area contributed by atoms with Gasteiger partial charge >= 0.3 is 0 Å². The third kappa shape index (κ3) is 4.73. The van der Waals surface area contributed by atoms with E-state index in [1.54, 1.807) is 0 Å². The Morgan fingerprint density at radius 3 is 2.63 bits per heavy atom. The molecule has 0 saturated carbocycles. The van der Waals surface area contributed by atoms with Gasteiger partial charge in [-0.1, -0.05) is 20.8 Å². The minimum Gasteiger partial charge on any atom is -0.383 e. The van der Waals surface area contributed by atoms with Crippen LogP contribution >= 0.6 is 0 Å². The van der Waals surface area contributed by atoms with Gasteiger partial charge in [-0.3, -0.25) is 4.79 Å². The number of nitrogen functional groups attached to an aromatic ring is 1.